The summed E-state index contributed by atoms with van der Waals surface area (Å²) >= 11 is 2.78. The molecular weight excluding hydrogens is 466 g/mol. The molecule has 1 saturated heterocycles. The topological polar surface area (TPSA) is 92.5 Å². The Hall–Kier alpha value is -2.53. The van der Waals surface area contributed by atoms with Gasteiger partial charge in [-0.05, 0) is 48.6 Å². The van der Waals surface area contributed by atoms with Gasteiger partial charge in [0.2, 0.25) is 5.91 Å². The Balaban J connectivity index is 1.16. The zero-order valence-electron chi connectivity index (χ0n) is 17.1. The zero-order chi connectivity index (χ0) is 22.1. The number of rotatable bonds is 6. The van der Waals surface area contributed by atoms with Crippen molar-refractivity contribution >= 4 is 48.8 Å². The Morgan fingerprint density at radius 2 is 1.94 bits per heavy atom. The van der Waals surface area contributed by atoms with E-state index in [9.17, 15) is 13.2 Å². The smallest absolute Gasteiger partial charge is 0.252 e. The van der Waals surface area contributed by atoms with E-state index >= 15 is 0 Å². The summed E-state index contributed by atoms with van der Waals surface area (Å²) in [5.41, 5.74) is 0.936. The number of carbonyl (C=O) groups is 1. The van der Waals surface area contributed by atoms with E-state index < -0.39 is 10.0 Å². The van der Waals surface area contributed by atoms with E-state index in [1.165, 1.54) is 15.6 Å². The normalized spacial score (nSPS) is 15.9. The van der Waals surface area contributed by atoms with Crippen LogP contribution < -0.4 is 5.32 Å². The van der Waals surface area contributed by atoms with Crippen LogP contribution in [0.4, 0.5) is 0 Å². The van der Waals surface area contributed by atoms with Crippen molar-refractivity contribution in [1.29, 1.82) is 0 Å². The van der Waals surface area contributed by atoms with Crippen LogP contribution in [0.2, 0.25) is 0 Å². The Morgan fingerprint density at radius 3 is 2.69 bits per heavy atom. The fourth-order valence-corrected chi connectivity index (χ4v) is 7.32. The van der Waals surface area contributed by atoms with Gasteiger partial charge in [-0.2, -0.15) is 4.31 Å². The molecule has 0 saturated carbocycles. The van der Waals surface area contributed by atoms with Gasteiger partial charge in [-0.15, -0.1) is 22.7 Å². The predicted molar refractivity (Wildman–Crippen MR) is 125 cm³/mol. The number of thiophene rings is 1. The molecule has 0 bridgehead atoms. The lowest BCUT2D eigenvalue weighted by molar-refractivity contribution is -0.126. The minimum Gasteiger partial charge on any atom is -0.457 e. The lowest BCUT2D eigenvalue weighted by Crippen LogP contribution is -2.42. The molecule has 3 aromatic heterocycles. The van der Waals surface area contributed by atoms with Gasteiger partial charge in [-0.3, -0.25) is 4.79 Å². The first kappa shape index (κ1) is 21.3. The SMILES string of the molecule is O=C(NCc1ccc(-c2nc3ccccc3s2)o1)C1CCN(S(=O)(=O)c2cccs2)CC1. The highest BCUT2D eigenvalue weighted by Gasteiger charge is 2.32. The van der Waals surface area contributed by atoms with E-state index in [-0.39, 0.29) is 18.4 Å². The summed E-state index contributed by atoms with van der Waals surface area (Å²) in [6.07, 6.45) is 1.01. The predicted octanol–water partition coefficient (Wildman–Crippen LogP) is 4.33. The number of sulfonamides is 1. The van der Waals surface area contributed by atoms with E-state index in [1.807, 2.05) is 36.4 Å². The fourth-order valence-electron chi connectivity index (χ4n) is 3.78. The highest BCUT2D eigenvalue weighted by atomic mass is 32.2. The van der Waals surface area contributed by atoms with Gasteiger partial charge in [-0.1, -0.05) is 18.2 Å². The number of amides is 1. The van der Waals surface area contributed by atoms with Crippen molar-refractivity contribution in [2.45, 2.75) is 23.6 Å². The van der Waals surface area contributed by atoms with Crippen molar-refractivity contribution in [1.82, 2.24) is 14.6 Å². The number of hydrogen-bond acceptors (Lipinski definition) is 7. The van der Waals surface area contributed by atoms with Gasteiger partial charge in [0.05, 0.1) is 16.8 Å². The first-order valence-electron chi connectivity index (χ1n) is 10.3. The van der Waals surface area contributed by atoms with Crippen molar-refractivity contribution < 1.29 is 17.6 Å². The number of thiazole rings is 1. The summed E-state index contributed by atoms with van der Waals surface area (Å²) in [5.74, 6) is 1.06. The Bertz CT molecular complexity index is 1300. The lowest BCUT2D eigenvalue weighted by Gasteiger charge is -2.30. The molecule has 10 heteroatoms. The minimum absolute atomic E-state index is 0.0730. The number of fused-ring (bicyclic) bond motifs is 1. The summed E-state index contributed by atoms with van der Waals surface area (Å²) in [5, 5.41) is 5.49. The molecule has 1 N–H and O–H groups in total. The number of benzene rings is 1. The number of aromatic nitrogens is 1. The molecular formula is C22H21N3O4S3. The van der Waals surface area contributed by atoms with E-state index in [4.69, 9.17) is 4.42 Å². The molecule has 1 aliphatic rings. The second-order valence-electron chi connectivity index (χ2n) is 7.58. The molecule has 4 aromatic rings. The average molecular weight is 488 g/mol. The lowest BCUT2D eigenvalue weighted by atomic mass is 9.97. The van der Waals surface area contributed by atoms with Gasteiger partial charge in [-0.25, -0.2) is 13.4 Å². The van der Waals surface area contributed by atoms with E-state index in [1.54, 1.807) is 28.8 Å². The van der Waals surface area contributed by atoms with Crippen LogP contribution in [-0.4, -0.2) is 36.7 Å². The maximum absolute atomic E-state index is 12.6. The molecule has 1 amide bonds. The van der Waals surface area contributed by atoms with Gasteiger partial charge in [0.25, 0.3) is 10.0 Å². The first-order valence-corrected chi connectivity index (χ1v) is 13.4. The maximum Gasteiger partial charge on any atom is 0.252 e. The number of nitrogens with one attached hydrogen (secondary N) is 1. The van der Waals surface area contributed by atoms with Crippen LogP contribution in [0.15, 0.2) is 62.5 Å². The Morgan fingerprint density at radius 1 is 1.12 bits per heavy atom. The highest BCUT2D eigenvalue weighted by Crippen LogP contribution is 2.31. The van der Waals surface area contributed by atoms with Crippen molar-refractivity contribution in [2.24, 2.45) is 5.92 Å². The number of para-hydroxylation sites is 1. The van der Waals surface area contributed by atoms with Crippen LogP contribution in [0.1, 0.15) is 18.6 Å². The third-order valence-corrected chi connectivity index (χ3v) is 9.84. The third-order valence-electron chi connectivity index (χ3n) is 5.52. The molecule has 0 spiro atoms. The summed E-state index contributed by atoms with van der Waals surface area (Å²) in [6.45, 7) is 0.985. The molecule has 1 fully saturated rings. The van der Waals surface area contributed by atoms with Gasteiger partial charge in [0.1, 0.15) is 9.97 Å². The summed E-state index contributed by atoms with van der Waals surface area (Å²) in [6, 6.07) is 15.0. The first-order chi connectivity index (χ1) is 15.5. The molecule has 5 rings (SSSR count). The maximum atomic E-state index is 12.6. The fraction of sp³-hybridized carbons (Fsp3) is 0.273. The van der Waals surface area contributed by atoms with E-state index in [0.29, 0.717) is 41.7 Å². The summed E-state index contributed by atoms with van der Waals surface area (Å²) < 4.78 is 34.1. The molecule has 0 unspecified atom stereocenters. The molecule has 7 nitrogen and oxygen atoms in total. The molecule has 0 atom stereocenters. The number of nitrogens with zero attached hydrogens (tertiary/aromatic N) is 2. The monoisotopic (exact) mass is 487 g/mol. The zero-order valence-corrected chi connectivity index (χ0v) is 19.5. The van der Waals surface area contributed by atoms with Crippen LogP contribution >= 0.6 is 22.7 Å². The quantitative estimate of drug-likeness (QED) is 0.437. The number of carbonyl (C=O) groups excluding carboxylic acids is 1. The molecule has 4 heterocycles. The minimum atomic E-state index is -3.46. The molecule has 1 aromatic carbocycles. The van der Waals surface area contributed by atoms with Gasteiger partial charge in [0.15, 0.2) is 10.8 Å². The number of furan rings is 1. The molecule has 32 heavy (non-hydrogen) atoms. The van der Waals surface area contributed by atoms with Crippen LogP contribution in [0.25, 0.3) is 21.0 Å². The molecule has 166 valence electrons. The van der Waals surface area contributed by atoms with Gasteiger partial charge >= 0.3 is 0 Å². The average Bonchev–Trinajstić information content (AvgIpc) is 3.57. The third kappa shape index (κ3) is 4.23. The van der Waals surface area contributed by atoms with Crippen LogP contribution in [0.3, 0.4) is 0 Å². The van der Waals surface area contributed by atoms with Crippen molar-refractivity contribution in [3.8, 4) is 10.8 Å². The summed E-state index contributed by atoms with van der Waals surface area (Å²) in [7, 11) is -3.46. The van der Waals surface area contributed by atoms with Gasteiger partial charge in [0, 0.05) is 19.0 Å². The number of hydrogen-bond donors (Lipinski definition) is 1. The largest absolute Gasteiger partial charge is 0.457 e. The Labute approximate surface area is 193 Å². The Kier molecular flexibility index (Phi) is 5.85. The second-order valence-corrected chi connectivity index (χ2v) is 11.7. The summed E-state index contributed by atoms with van der Waals surface area (Å²) in [4.78, 5) is 17.2. The van der Waals surface area contributed by atoms with Crippen molar-refractivity contribution in [3.05, 3.63) is 59.7 Å². The van der Waals surface area contributed by atoms with E-state index in [0.717, 1.165) is 15.2 Å². The van der Waals surface area contributed by atoms with Gasteiger partial charge < -0.3 is 9.73 Å². The van der Waals surface area contributed by atoms with Crippen molar-refractivity contribution in [2.75, 3.05) is 13.1 Å². The molecule has 1 aliphatic heterocycles. The van der Waals surface area contributed by atoms with Crippen LogP contribution in [0.5, 0.6) is 0 Å². The van der Waals surface area contributed by atoms with E-state index in [2.05, 4.69) is 10.3 Å². The van der Waals surface area contributed by atoms with Crippen LogP contribution in [-0.2, 0) is 21.4 Å². The van der Waals surface area contributed by atoms with Crippen LogP contribution in [0, 0.1) is 5.92 Å². The number of piperidine rings is 1. The van der Waals surface area contributed by atoms with Crippen molar-refractivity contribution in [3.63, 3.8) is 0 Å². The standard InChI is InChI=1S/C22H21N3O4S3/c26-21(15-9-11-25(12-10-15)32(27,28)20-6-3-13-30-20)23-14-16-7-8-18(29-16)22-24-17-4-1-2-5-19(17)31-22/h1-8,13,15H,9-12,14H2,(H,23,26). The highest BCUT2D eigenvalue weighted by molar-refractivity contribution is 7.91. The second kappa shape index (κ2) is 8.78. The molecule has 0 aliphatic carbocycles. The molecule has 0 radical (unpaired) electrons.